The lowest BCUT2D eigenvalue weighted by Crippen LogP contribution is -2.52. The van der Waals surface area contributed by atoms with Gasteiger partial charge in [0.15, 0.2) is 0 Å². The van der Waals surface area contributed by atoms with E-state index in [0.717, 1.165) is 19.1 Å². The predicted octanol–water partition coefficient (Wildman–Crippen LogP) is 4.36. The first-order chi connectivity index (χ1) is 17.3. The molecule has 0 aromatic heterocycles. The maximum atomic E-state index is 15.6. The highest BCUT2D eigenvalue weighted by molar-refractivity contribution is 7.89. The molecule has 2 amide bonds. The van der Waals surface area contributed by atoms with Crippen LogP contribution in [-0.2, 0) is 16.4 Å². The Kier molecular flexibility index (Phi) is 7.48. The van der Waals surface area contributed by atoms with Crippen LogP contribution in [0.2, 0.25) is 0 Å². The number of hydrogen-bond donors (Lipinski definition) is 2. The lowest BCUT2D eigenvalue weighted by atomic mass is 9.91. The second-order valence-electron chi connectivity index (χ2n) is 9.46. The molecule has 4 rings (SSSR count). The van der Waals surface area contributed by atoms with Crippen LogP contribution in [0.3, 0.4) is 0 Å². The number of rotatable bonds is 8. The van der Waals surface area contributed by atoms with Crippen LogP contribution in [-0.4, -0.2) is 56.5 Å². The number of alkyl halides is 3. The maximum Gasteiger partial charge on any atom is 0.317 e. The summed E-state index contributed by atoms with van der Waals surface area (Å²) in [5, 5.41) is 2.08. The van der Waals surface area contributed by atoms with Gasteiger partial charge in [-0.15, -0.1) is 0 Å². The van der Waals surface area contributed by atoms with Gasteiger partial charge in [-0.1, -0.05) is 18.2 Å². The number of likely N-dealkylation sites (tertiary alicyclic amines) is 1. The van der Waals surface area contributed by atoms with Crippen molar-refractivity contribution in [3.63, 3.8) is 0 Å². The van der Waals surface area contributed by atoms with Crippen molar-refractivity contribution >= 4 is 16.1 Å². The molecule has 13 heteroatoms. The van der Waals surface area contributed by atoms with Gasteiger partial charge in [0.1, 0.15) is 17.5 Å². The number of carbonyl (C=O) groups is 1. The molecule has 1 spiro atoms. The molecule has 37 heavy (non-hydrogen) atoms. The second kappa shape index (κ2) is 10.2. The Bertz CT molecular complexity index is 1270. The summed E-state index contributed by atoms with van der Waals surface area (Å²) in [6.07, 6.45) is -2.13. The van der Waals surface area contributed by atoms with E-state index in [1.165, 1.54) is 23.1 Å². The molecular formula is C24H25F6N3O3S. The van der Waals surface area contributed by atoms with Gasteiger partial charge in [-0.2, -0.15) is 0 Å². The molecule has 2 fully saturated rings. The van der Waals surface area contributed by atoms with E-state index in [-0.39, 0.29) is 29.7 Å². The average molecular weight is 550 g/mol. The second-order valence-corrected chi connectivity index (χ2v) is 11.4. The van der Waals surface area contributed by atoms with Crippen LogP contribution in [0, 0.1) is 22.9 Å². The fourth-order valence-electron chi connectivity index (χ4n) is 4.86. The van der Waals surface area contributed by atoms with Crippen molar-refractivity contribution in [1.29, 1.82) is 0 Å². The first-order valence-corrected chi connectivity index (χ1v) is 13.1. The molecular weight excluding hydrogens is 524 g/mol. The Morgan fingerprint density at radius 2 is 1.76 bits per heavy atom. The number of sulfonamides is 1. The molecule has 1 saturated heterocycles. The van der Waals surface area contributed by atoms with Crippen LogP contribution >= 0.6 is 0 Å². The summed E-state index contributed by atoms with van der Waals surface area (Å²) < 4.78 is 110. The number of amides is 2. The number of nitrogens with one attached hydrogen (secondary N) is 2. The number of benzene rings is 2. The molecule has 2 aliphatic rings. The van der Waals surface area contributed by atoms with Gasteiger partial charge in [-0.3, -0.25) is 0 Å². The number of carbonyl (C=O) groups excluding carboxylic acids is 1. The normalized spacial score (nSPS) is 21.5. The number of halogens is 6. The van der Waals surface area contributed by atoms with Crippen LogP contribution in [0.1, 0.15) is 25.3 Å². The molecule has 1 unspecified atom stereocenters. The SMILES string of the molecule is CC(F)S(=O)(=O)N[C@@H]1[C@H](Cc2cccc(-c3cc(F)cc(F)c3)c2F)N(C(=O)NCC(F)F)CC12CC2. The lowest BCUT2D eigenvalue weighted by Gasteiger charge is -2.30. The van der Waals surface area contributed by atoms with Crippen LogP contribution in [0.4, 0.5) is 31.1 Å². The molecule has 2 aromatic rings. The summed E-state index contributed by atoms with van der Waals surface area (Å²) in [6, 6.07) is 3.68. The molecule has 0 radical (unpaired) electrons. The first-order valence-electron chi connectivity index (χ1n) is 11.5. The zero-order valence-corrected chi connectivity index (χ0v) is 20.5. The zero-order chi connectivity index (χ0) is 27.1. The summed E-state index contributed by atoms with van der Waals surface area (Å²) in [6.45, 7) is -0.112. The average Bonchev–Trinajstić information content (AvgIpc) is 3.53. The molecule has 0 bridgehead atoms. The summed E-state index contributed by atoms with van der Waals surface area (Å²) in [5.74, 6) is -2.68. The van der Waals surface area contributed by atoms with Gasteiger partial charge < -0.3 is 10.2 Å². The standard InChI is InChI=1S/C24H25F6N3O3S/c1-13(25)37(35,36)32-22-19(33(12-24(22)5-6-24)23(34)31-11-20(28)29)9-14-3-2-4-18(21(14)30)15-7-16(26)10-17(27)8-15/h2-4,7-8,10,13,19-20,22,32H,5-6,9,11-12H2,1H3,(H,31,34)/t13?,19-,22+/m0/s1. The Morgan fingerprint density at radius 3 is 2.32 bits per heavy atom. The van der Waals surface area contributed by atoms with E-state index in [9.17, 15) is 35.2 Å². The van der Waals surface area contributed by atoms with Crippen molar-refractivity contribution in [3.8, 4) is 11.1 Å². The van der Waals surface area contributed by atoms with Gasteiger partial charge >= 0.3 is 6.03 Å². The Hall–Kier alpha value is -2.80. The predicted molar refractivity (Wildman–Crippen MR) is 123 cm³/mol. The van der Waals surface area contributed by atoms with Crippen LogP contribution in [0.25, 0.3) is 11.1 Å². The van der Waals surface area contributed by atoms with E-state index in [1.54, 1.807) is 0 Å². The Morgan fingerprint density at radius 1 is 1.11 bits per heavy atom. The van der Waals surface area contributed by atoms with Crippen molar-refractivity contribution in [1.82, 2.24) is 14.9 Å². The quantitative estimate of drug-likeness (QED) is 0.481. The molecule has 2 N–H and O–H groups in total. The van der Waals surface area contributed by atoms with E-state index in [0.29, 0.717) is 18.9 Å². The minimum Gasteiger partial charge on any atom is -0.332 e. The highest BCUT2D eigenvalue weighted by Crippen LogP contribution is 2.55. The van der Waals surface area contributed by atoms with Gasteiger partial charge in [0, 0.05) is 29.6 Å². The summed E-state index contributed by atoms with van der Waals surface area (Å²) in [5.41, 5.74) is -3.23. The molecule has 1 heterocycles. The maximum absolute atomic E-state index is 15.6. The summed E-state index contributed by atoms with van der Waals surface area (Å²) >= 11 is 0. The van der Waals surface area contributed by atoms with Gasteiger partial charge in [0.25, 0.3) is 6.43 Å². The van der Waals surface area contributed by atoms with Crippen LogP contribution in [0.5, 0.6) is 0 Å². The summed E-state index contributed by atoms with van der Waals surface area (Å²) in [4.78, 5) is 14.0. The fraction of sp³-hybridized carbons (Fsp3) is 0.458. The molecule has 1 saturated carbocycles. The van der Waals surface area contributed by atoms with E-state index in [1.807, 2.05) is 0 Å². The van der Waals surface area contributed by atoms with E-state index in [2.05, 4.69) is 10.0 Å². The van der Waals surface area contributed by atoms with Crippen molar-refractivity contribution in [2.24, 2.45) is 5.41 Å². The number of hydrogen-bond acceptors (Lipinski definition) is 3. The molecule has 3 atom stereocenters. The minimum atomic E-state index is -4.46. The first kappa shape index (κ1) is 27.2. The third-order valence-corrected chi connectivity index (χ3v) is 8.33. The number of nitrogens with zero attached hydrogens (tertiary/aromatic N) is 1. The number of urea groups is 1. The van der Waals surface area contributed by atoms with Crippen LogP contribution < -0.4 is 10.0 Å². The van der Waals surface area contributed by atoms with Crippen molar-refractivity contribution < 1.29 is 39.6 Å². The van der Waals surface area contributed by atoms with E-state index in [4.69, 9.17) is 0 Å². The highest BCUT2D eigenvalue weighted by Gasteiger charge is 2.61. The van der Waals surface area contributed by atoms with Gasteiger partial charge in [-0.05, 0) is 49.4 Å². The van der Waals surface area contributed by atoms with E-state index >= 15 is 4.39 Å². The molecule has 202 valence electrons. The van der Waals surface area contributed by atoms with E-state index < -0.39 is 69.5 Å². The molecule has 1 aliphatic heterocycles. The van der Waals surface area contributed by atoms with Crippen LogP contribution in [0.15, 0.2) is 36.4 Å². The van der Waals surface area contributed by atoms with Gasteiger partial charge in [0.2, 0.25) is 15.5 Å². The third-order valence-electron chi connectivity index (χ3n) is 6.89. The topological polar surface area (TPSA) is 78.5 Å². The Labute approximate surface area is 210 Å². The molecule has 6 nitrogen and oxygen atoms in total. The van der Waals surface area contributed by atoms with Crippen molar-refractivity contribution in [2.45, 2.75) is 50.2 Å². The smallest absolute Gasteiger partial charge is 0.317 e. The largest absolute Gasteiger partial charge is 0.332 e. The van der Waals surface area contributed by atoms with Crippen molar-refractivity contribution in [2.75, 3.05) is 13.1 Å². The third kappa shape index (κ3) is 5.71. The van der Waals surface area contributed by atoms with Crippen molar-refractivity contribution in [3.05, 3.63) is 59.4 Å². The Balaban J connectivity index is 1.71. The van der Waals surface area contributed by atoms with Gasteiger partial charge in [-0.25, -0.2) is 44.3 Å². The molecule has 2 aromatic carbocycles. The minimum absolute atomic E-state index is 0.00297. The molecule has 1 aliphatic carbocycles. The highest BCUT2D eigenvalue weighted by atomic mass is 32.2. The monoisotopic (exact) mass is 549 g/mol. The lowest BCUT2D eigenvalue weighted by molar-refractivity contribution is 0.137. The summed E-state index contributed by atoms with van der Waals surface area (Å²) in [7, 11) is -4.46. The zero-order valence-electron chi connectivity index (χ0n) is 19.7. The van der Waals surface area contributed by atoms with Gasteiger partial charge in [0.05, 0.1) is 12.6 Å². The fourth-order valence-corrected chi connectivity index (χ4v) is 5.81.